The van der Waals surface area contributed by atoms with Crippen LogP contribution in [0.15, 0.2) is 194 Å². The Morgan fingerprint density at radius 3 is 2.07 bits per heavy atom. The van der Waals surface area contributed by atoms with Crippen molar-refractivity contribution in [3.63, 3.8) is 0 Å². The molecule has 0 saturated carbocycles. The molecular weight excluding hydrogens is 693 g/mol. The molecule has 0 radical (unpaired) electrons. The quantitative estimate of drug-likeness (QED) is 0.177. The van der Waals surface area contributed by atoms with Crippen molar-refractivity contribution >= 4 is 44.0 Å². The van der Waals surface area contributed by atoms with Crippen LogP contribution < -0.4 is 4.90 Å². The van der Waals surface area contributed by atoms with Gasteiger partial charge in [-0.05, 0) is 46.2 Å². The van der Waals surface area contributed by atoms with Gasteiger partial charge in [0.05, 0.1) is 22.8 Å². The number of benzene rings is 7. The van der Waals surface area contributed by atoms with Crippen molar-refractivity contribution < 1.29 is 0 Å². The van der Waals surface area contributed by atoms with Crippen LogP contribution in [0.25, 0.3) is 72.2 Å². The third-order valence-corrected chi connectivity index (χ3v) is 12.3. The second-order valence-corrected chi connectivity index (χ2v) is 15.8. The molecule has 272 valence electrons. The van der Waals surface area contributed by atoms with Gasteiger partial charge in [0.25, 0.3) is 0 Å². The standard InChI is InChI=1S/C53H40N4/c1-53(2)43-27-14-15-28-46(43)56(39-22-10-5-11-23-39)48-33-38(29-31-44(48)53)41-25-16-26-42-50-40-24-13-12-17-35(40)30-32-47(50)57(51(41)42)49-34-45(36-18-6-3-7-19-36)54-52(55-49)37-20-8-4-9-21-37/h3-34,43,46H,1-2H3. The van der Waals surface area contributed by atoms with Crippen LogP contribution in [0.2, 0.25) is 0 Å². The van der Waals surface area contributed by atoms with Crippen molar-refractivity contribution in [1.29, 1.82) is 0 Å². The Bertz CT molecular complexity index is 2990. The predicted octanol–water partition coefficient (Wildman–Crippen LogP) is 13.3. The summed E-state index contributed by atoms with van der Waals surface area (Å²) in [4.78, 5) is 13.1. The van der Waals surface area contributed by atoms with Crippen molar-refractivity contribution in [2.45, 2.75) is 25.3 Å². The van der Waals surface area contributed by atoms with Gasteiger partial charge in [0.15, 0.2) is 5.82 Å². The number of hydrogen-bond acceptors (Lipinski definition) is 3. The lowest BCUT2D eigenvalue weighted by Gasteiger charge is -2.51. The first kappa shape index (κ1) is 33.3. The predicted molar refractivity (Wildman–Crippen MR) is 237 cm³/mol. The summed E-state index contributed by atoms with van der Waals surface area (Å²) in [6.45, 7) is 4.81. The van der Waals surface area contributed by atoms with E-state index in [0.29, 0.717) is 11.7 Å². The van der Waals surface area contributed by atoms with Gasteiger partial charge in [0.1, 0.15) is 5.82 Å². The van der Waals surface area contributed by atoms with E-state index < -0.39 is 0 Å². The number of nitrogens with zero attached hydrogens (tertiary/aromatic N) is 4. The van der Waals surface area contributed by atoms with Gasteiger partial charge in [0, 0.05) is 56.2 Å². The Hall–Kier alpha value is -7.04. The summed E-state index contributed by atoms with van der Waals surface area (Å²) in [6.07, 6.45) is 9.20. The largest absolute Gasteiger partial charge is 0.334 e. The van der Waals surface area contributed by atoms with Crippen molar-refractivity contribution in [3.8, 4) is 39.6 Å². The summed E-state index contributed by atoms with van der Waals surface area (Å²) in [5.41, 5.74) is 11.2. The number of fused-ring (bicyclic) bond motifs is 7. The van der Waals surface area contributed by atoms with Crippen molar-refractivity contribution in [1.82, 2.24) is 14.5 Å². The molecule has 2 unspecified atom stereocenters. The summed E-state index contributed by atoms with van der Waals surface area (Å²) < 4.78 is 2.38. The van der Waals surface area contributed by atoms with Crippen LogP contribution in [-0.2, 0) is 5.41 Å². The van der Waals surface area contributed by atoms with Gasteiger partial charge in [-0.3, -0.25) is 4.57 Å². The Morgan fingerprint density at radius 2 is 1.26 bits per heavy atom. The molecule has 4 nitrogen and oxygen atoms in total. The minimum absolute atomic E-state index is 0.0759. The molecule has 3 heterocycles. The molecule has 0 bridgehead atoms. The normalized spacial score (nSPS) is 16.9. The SMILES string of the molecule is CC1(C)c2ccc(-c3cccc4c5c6ccccc6ccc5n(-c5cc(-c6ccccc6)nc(-c6ccccc6)n5)c34)cc2N(c2ccccc2)C2C=CC=CC21. The fourth-order valence-electron chi connectivity index (χ4n) is 9.52. The lowest BCUT2D eigenvalue weighted by Crippen LogP contribution is -2.49. The van der Waals surface area contributed by atoms with E-state index in [4.69, 9.17) is 9.97 Å². The molecule has 2 aliphatic rings. The number of hydrogen-bond donors (Lipinski definition) is 0. The number of aromatic nitrogens is 3. The van der Waals surface area contributed by atoms with Crippen molar-refractivity contribution in [2.24, 2.45) is 5.92 Å². The number of anilines is 2. The first-order valence-corrected chi connectivity index (χ1v) is 19.8. The Kier molecular flexibility index (Phi) is 7.62. The molecular formula is C53H40N4. The topological polar surface area (TPSA) is 34.0 Å². The smallest absolute Gasteiger partial charge is 0.162 e. The van der Waals surface area contributed by atoms with Gasteiger partial charge < -0.3 is 4.90 Å². The maximum atomic E-state index is 5.40. The van der Waals surface area contributed by atoms with E-state index in [2.05, 4.69) is 205 Å². The molecule has 4 heteroatoms. The van der Waals surface area contributed by atoms with E-state index in [-0.39, 0.29) is 11.5 Å². The molecule has 0 fully saturated rings. The van der Waals surface area contributed by atoms with E-state index in [1.54, 1.807) is 0 Å². The first-order valence-electron chi connectivity index (χ1n) is 19.8. The molecule has 2 atom stereocenters. The third kappa shape index (κ3) is 5.28. The lowest BCUT2D eigenvalue weighted by atomic mass is 9.65. The maximum Gasteiger partial charge on any atom is 0.162 e. The molecule has 9 aromatic rings. The molecule has 0 saturated heterocycles. The van der Waals surface area contributed by atoms with Gasteiger partial charge in [0.2, 0.25) is 0 Å². The average molecular weight is 733 g/mol. The molecule has 11 rings (SSSR count). The zero-order chi connectivity index (χ0) is 38.1. The van der Waals surface area contributed by atoms with E-state index in [0.717, 1.165) is 39.2 Å². The van der Waals surface area contributed by atoms with Gasteiger partial charge in [-0.1, -0.05) is 178 Å². The second kappa shape index (κ2) is 13.0. The van der Waals surface area contributed by atoms with Crippen LogP contribution in [0.5, 0.6) is 0 Å². The number of allylic oxidation sites excluding steroid dienone is 2. The Labute approximate surface area is 332 Å². The van der Waals surface area contributed by atoms with Gasteiger partial charge in [-0.25, -0.2) is 9.97 Å². The highest BCUT2D eigenvalue weighted by molar-refractivity contribution is 6.23. The molecule has 7 aromatic carbocycles. The molecule has 57 heavy (non-hydrogen) atoms. The van der Waals surface area contributed by atoms with Gasteiger partial charge in [-0.15, -0.1) is 0 Å². The first-order chi connectivity index (χ1) is 28.0. The molecule has 1 aliphatic carbocycles. The van der Waals surface area contributed by atoms with E-state index in [9.17, 15) is 0 Å². The molecule has 0 amide bonds. The van der Waals surface area contributed by atoms with Crippen LogP contribution >= 0.6 is 0 Å². The molecule has 0 N–H and O–H groups in total. The number of rotatable bonds is 5. The van der Waals surface area contributed by atoms with Crippen LogP contribution in [-0.4, -0.2) is 20.6 Å². The summed E-state index contributed by atoms with van der Waals surface area (Å²) in [5, 5.41) is 4.85. The third-order valence-electron chi connectivity index (χ3n) is 12.3. The zero-order valence-electron chi connectivity index (χ0n) is 31.9. The maximum absolute atomic E-state index is 5.40. The van der Waals surface area contributed by atoms with Crippen LogP contribution in [0, 0.1) is 5.92 Å². The summed E-state index contributed by atoms with van der Waals surface area (Å²) in [6, 6.07) is 61.2. The Balaban J connectivity index is 1.22. The fraction of sp³-hybridized carbons (Fsp3) is 0.0943. The average Bonchev–Trinajstić information content (AvgIpc) is 3.62. The van der Waals surface area contributed by atoms with Crippen LogP contribution in [0.1, 0.15) is 19.4 Å². The lowest BCUT2D eigenvalue weighted by molar-refractivity contribution is 0.332. The van der Waals surface area contributed by atoms with E-state index in [1.165, 1.54) is 44.0 Å². The van der Waals surface area contributed by atoms with Crippen LogP contribution in [0.4, 0.5) is 11.4 Å². The molecule has 2 aromatic heterocycles. The summed E-state index contributed by atoms with van der Waals surface area (Å²) in [7, 11) is 0. The number of para-hydroxylation sites is 2. The molecule has 1 aliphatic heterocycles. The minimum Gasteiger partial charge on any atom is -0.334 e. The van der Waals surface area contributed by atoms with Crippen LogP contribution in [0.3, 0.4) is 0 Å². The highest BCUT2D eigenvalue weighted by Crippen LogP contribution is 2.52. The Morgan fingerprint density at radius 1 is 0.561 bits per heavy atom. The fourth-order valence-corrected chi connectivity index (χ4v) is 9.52. The highest BCUT2D eigenvalue weighted by atomic mass is 15.2. The zero-order valence-corrected chi connectivity index (χ0v) is 31.9. The monoisotopic (exact) mass is 732 g/mol. The second-order valence-electron chi connectivity index (χ2n) is 15.8. The van der Waals surface area contributed by atoms with Gasteiger partial charge in [-0.2, -0.15) is 0 Å². The van der Waals surface area contributed by atoms with Crippen molar-refractivity contribution in [3.05, 3.63) is 200 Å². The molecule has 0 spiro atoms. The van der Waals surface area contributed by atoms with Gasteiger partial charge >= 0.3 is 0 Å². The highest BCUT2D eigenvalue weighted by Gasteiger charge is 2.45. The van der Waals surface area contributed by atoms with Crippen molar-refractivity contribution in [2.75, 3.05) is 4.90 Å². The summed E-state index contributed by atoms with van der Waals surface area (Å²) >= 11 is 0. The minimum atomic E-state index is -0.0759. The van der Waals surface area contributed by atoms with E-state index >= 15 is 0 Å². The summed E-state index contributed by atoms with van der Waals surface area (Å²) in [5.74, 6) is 1.85. The van der Waals surface area contributed by atoms with E-state index in [1.807, 2.05) is 12.1 Å².